The van der Waals surface area contributed by atoms with Gasteiger partial charge >= 0.3 is 0 Å². The Morgan fingerprint density at radius 3 is 2.41 bits per heavy atom. The van der Waals surface area contributed by atoms with E-state index in [-0.39, 0.29) is 0 Å². The van der Waals surface area contributed by atoms with Gasteiger partial charge in [-0.25, -0.2) is 0 Å². The summed E-state index contributed by atoms with van der Waals surface area (Å²) in [6.45, 7) is 11.6. The molecule has 1 aliphatic rings. The van der Waals surface area contributed by atoms with Gasteiger partial charge in [-0.2, -0.15) is 0 Å². The lowest BCUT2D eigenvalue weighted by molar-refractivity contribution is 0.254. The Bertz CT molecular complexity index is 361. The second-order valence-corrected chi connectivity index (χ2v) is 5.81. The summed E-state index contributed by atoms with van der Waals surface area (Å²) in [5, 5.41) is 3.55. The third-order valence-electron chi connectivity index (χ3n) is 4.30. The molecule has 2 atom stereocenters. The predicted molar refractivity (Wildman–Crippen MR) is 74.5 cm³/mol. The van der Waals surface area contributed by atoms with E-state index < -0.39 is 0 Å². The monoisotopic (exact) mass is 231 g/mol. The fraction of sp³-hybridized carbons (Fsp3) is 0.625. The van der Waals surface area contributed by atoms with Gasteiger partial charge in [0.15, 0.2) is 0 Å². The molecule has 94 valence electrons. The first-order valence-corrected chi connectivity index (χ1v) is 6.88. The summed E-state index contributed by atoms with van der Waals surface area (Å²) in [6, 6.07) is 6.71. The molecule has 2 rings (SSSR count). The van der Waals surface area contributed by atoms with Gasteiger partial charge in [0, 0.05) is 0 Å². The van der Waals surface area contributed by atoms with Crippen molar-refractivity contribution < 1.29 is 0 Å². The molecular weight excluding hydrogens is 206 g/mol. The van der Waals surface area contributed by atoms with Gasteiger partial charge < -0.3 is 5.32 Å². The highest BCUT2D eigenvalue weighted by molar-refractivity contribution is 5.37. The van der Waals surface area contributed by atoms with E-state index in [0.717, 1.165) is 17.8 Å². The van der Waals surface area contributed by atoms with Gasteiger partial charge in [0.1, 0.15) is 0 Å². The fourth-order valence-corrected chi connectivity index (χ4v) is 3.35. The van der Waals surface area contributed by atoms with Crippen LogP contribution in [0.15, 0.2) is 18.2 Å². The molecule has 1 heterocycles. The van der Waals surface area contributed by atoms with Crippen LogP contribution < -0.4 is 5.32 Å². The molecule has 1 heteroatoms. The lowest BCUT2D eigenvalue weighted by atomic mass is 9.73. The Hall–Kier alpha value is -0.820. The van der Waals surface area contributed by atoms with Crippen LogP contribution in [0.2, 0.25) is 0 Å². The van der Waals surface area contributed by atoms with Gasteiger partial charge in [0.05, 0.1) is 0 Å². The van der Waals surface area contributed by atoms with Gasteiger partial charge in [0.2, 0.25) is 0 Å². The van der Waals surface area contributed by atoms with Crippen LogP contribution in [-0.2, 0) is 0 Å². The minimum absolute atomic E-state index is 0.748. The molecule has 0 saturated carbocycles. The van der Waals surface area contributed by atoms with Crippen LogP contribution in [0.4, 0.5) is 0 Å². The molecule has 0 spiro atoms. The lowest BCUT2D eigenvalue weighted by Crippen LogP contribution is -2.38. The highest BCUT2D eigenvalue weighted by Crippen LogP contribution is 2.37. The third-order valence-corrected chi connectivity index (χ3v) is 4.30. The van der Waals surface area contributed by atoms with Gasteiger partial charge in [-0.3, -0.25) is 0 Å². The molecule has 0 aliphatic carbocycles. The molecule has 1 N–H and O–H groups in total. The van der Waals surface area contributed by atoms with Crippen molar-refractivity contribution in [3.8, 4) is 0 Å². The predicted octanol–water partition coefficient (Wildman–Crippen LogP) is 3.65. The zero-order valence-electron chi connectivity index (χ0n) is 11.6. The Morgan fingerprint density at radius 2 is 1.82 bits per heavy atom. The van der Waals surface area contributed by atoms with E-state index in [2.05, 4.69) is 51.2 Å². The molecule has 0 radical (unpaired) electrons. The first kappa shape index (κ1) is 12.6. The van der Waals surface area contributed by atoms with Crippen LogP contribution in [0.1, 0.15) is 42.9 Å². The van der Waals surface area contributed by atoms with Gasteiger partial charge in [-0.1, -0.05) is 32.0 Å². The number of hydrogen-bond acceptors (Lipinski definition) is 1. The van der Waals surface area contributed by atoms with Crippen LogP contribution in [0, 0.1) is 25.7 Å². The second kappa shape index (κ2) is 5.22. The Kier molecular flexibility index (Phi) is 3.88. The van der Waals surface area contributed by atoms with Crippen molar-refractivity contribution in [3.05, 3.63) is 34.9 Å². The minimum atomic E-state index is 0.748. The van der Waals surface area contributed by atoms with Gasteiger partial charge in [-0.15, -0.1) is 0 Å². The molecule has 1 saturated heterocycles. The Labute approximate surface area is 106 Å². The number of benzene rings is 1. The van der Waals surface area contributed by atoms with E-state index in [0.29, 0.717) is 0 Å². The summed E-state index contributed by atoms with van der Waals surface area (Å²) in [7, 11) is 0. The molecule has 1 aliphatic heterocycles. The zero-order chi connectivity index (χ0) is 12.4. The average Bonchev–Trinajstić information content (AvgIpc) is 2.29. The number of nitrogens with one attached hydrogen (secondary N) is 1. The van der Waals surface area contributed by atoms with Gasteiger partial charge in [-0.05, 0) is 67.8 Å². The number of piperidine rings is 1. The van der Waals surface area contributed by atoms with E-state index in [9.17, 15) is 0 Å². The summed E-state index contributed by atoms with van der Waals surface area (Å²) in [5.74, 6) is 2.29. The quantitative estimate of drug-likeness (QED) is 0.819. The molecule has 0 aromatic heterocycles. The highest BCUT2D eigenvalue weighted by atomic mass is 14.9. The van der Waals surface area contributed by atoms with Crippen molar-refractivity contribution in [2.24, 2.45) is 11.8 Å². The van der Waals surface area contributed by atoms with Crippen LogP contribution in [0.5, 0.6) is 0 Å². The zero-order valence-corrected chi connectivity index (χ0v) is 11.6. The second-order valence-electron chi connectivity index (χ2n) is 5.81. The summed E-state index contributed by atoms with van der Waals surface area (Å²) < 4.78 is 0. The van der Waals surface area contributed by atoms with Crippen molar-refractivity contribution in [1.82, 2.24) is 5.32 Å². The number of rotatable bonds is 2. The van der Waals surface area contributed by atoms with Gasteiger partial charge in [0.25, 0.3) is 0 Å². The first-order chi connectivity index (χ1) is 8.11. The summed E-state index contributed by atoms with van der Waals surface area (Å²) in [4.78, 5) is 0. The molecule has 1 nitrogen and oxygen atoms in total. The Morgan fingerprint density at radius 1 is 1.18 bits per heavy atom. The van der Waals surface area contributed by atoms with Crippen molar-refractivity contribution >= 4 is 0 Å². The van der Waals surface area contributed by atoms with E-state index in [1.807, 2.05) is 0 Å². The molecule has 1 aromatic rings. The molecule has 0 bridgehead atoms. The third kappa shape index (κ3) is 2.55. The molecule has 1 fully saturated rings. The van der Waals surface area contributed by atoms with E-state index in [1.165, 1.54) is 30.6 Å². The number of aryl methyl sites for hydroxylation is 2. The van der Waals surface area contributed by atoms with E-state index in [4.69, 9.17) is 0 Å². The van der Waals surface area contributed by atoms with Crippen LogP contribution >= 0.6 is 0 Å². The summed E-state index contributed by atoms with van der Waals surface area (Å²) >= 11 is 0. The van der Waals surface area contributed by atoms with Crippen LogP contribution in [-0.4, -0.2) is 13.1 Å². The van der Waals surface area contributed by atoms with E-state index in [1.54, 1.807) is 5.56 Å². The topological polar surface area (TPSA) is 12.0 Å². The summed E-state index contributed by atoms with van der Waals surface area (Å²) in [6.07, 6.45) is 1.29. The first-order valence-electron chi connectivity index (χ1n) is 6.88. The molecular formula is C16H25N. The normalized spacial score (nSPS) is 25.2. The van der Waals surface area contributed by atoms with Crippen molar-refractivity contribution in [1.29, 1.82) is 0 Å². The maximum absolute atomic E-state index is 3.55. The largest absolute Gasteiger partial charge is 0.316 e. The van der Waals surface area contributed by atoms with E-state index >= 15 is 0 Å². The standard InChI is InChI=1S/C16H25N/c1-11(2)15-10-17-9-8-14(15)16-12(3)6-5-7-13(16)4/h5-7,11,14-15,17H,8-10H2,1-4H3. The van der Waals surface area contributed by atoms with Crippen LogP contribution in [0.3, 0.4) is 0 Å². The molecule has 2 unspecified atom stereocenters. The SMILES string of the molecule is Cc1cccc(C)c1C1CCNCC1C(C)C. The molecule has 0 amide bonds. The maximum atomic E-state index is 3.55. The lowest BCUT2D eigenvalue weighted by Gasteiger charge is -2.36. The summed E-state index contributed by atoms with van der Waals surface area (Å²) in [5.41, 5.74) is 4.57. The highest BCUT2D eigenvalue weighted by Gasteiger charge is 2.30. The van der Waals surface area contributed by atoms with Crippen molar-refractivity contribution in [2.75, 3.05) is 13.1 Å². The minimum Gasteiger partial charge on any atom is -0.316 e. The smallest absolute Gasteiger partial charge is 0.00122 e. The van der Waals surface area contributed by atoms with Crippen molar-refractivity contribution in [3.63, 3.8) is 0 Å². The molecule has 1 aromatic carbocycles. The Balaban J connectivity index is 2.36. The fourth-order valence-electron chi connectivity index (χ4n) is 3.35. The van der Waals surface area contributed by atoms with Crippen molar-refractivity contribution in [2.45, 2.75) is 40.0 Å². The molecule has 17 heavy (non-hydrogen) atoms. The number of hydrogen-bond donors (Lipinski definition) is 1. The average molecular weight is 231 g/mol. The maximum Gasteiger partial charge on any atom is -0.00122 e. The van der Waals surface area contributed by atoms with Crippen LogP contribution in [0.25, 0.3) is 0 Å².